The van der Waals surface area contributed by atoms with Crippen LogP contribution in [0.2, 0.25) is 0 Å². The summed E-state index contributed by atoms with van der Waals surface area (Å²) in [6.07, 6.45) is 1.21. The molecule has 0 aliphatic carbocycles. The van der Waals surface area contributed by atoms with E-state index in [2.05, 4.69) is 10.4 Å². The summed E-state index contributed by atoms with van der Waals surface area (Å²) in [4.78, 5) is 38.6. The number of fused-ring (bicyclic) bond motifs is 1. The Morgan fingerprint density at radius 2 is 1.82 bits per heavy atom. The zero-order valence-electron chi connectivity index (χ0n) is 15.9. The molecule has 2 aromatic carbocycles. The summed E-state index contributed by atoms with van der Waals surface area (Å²) in [6.45, 7) is 5.05. The van der Waals surface area contributed by atoms with Crippen molar-refractivity contribution in [3.05, 3.63) is 70.5 Å². The van der Waals surface area contributed by atoms with Crippen molar-refractivity contribution in [2.45, 2.75) is 20.4 Å². The van der Waals surface area contributed by atoms with E-state index in [1.165, 1.54) is 10.9 Å². The number of rotatable bonds is 6. The molecule has 1 N–H and O–H groups in total. The minimum Gasteiger partial charge on any atom is -0.339 e. The minimum atomic E-state index is -0.297. The molecular formula is C21H22N4O3. The van der Waals surface area contributed by atoms with Gasteiger partial charge in [-0.15, -0.1) is 0 Å². The van der Waals surface area contributed by atoms with E-state index in [0.29, 0.717) is 35.2 Å². The molecule has 0 aliphatic rings. The predicted molar refractivity (Wildman–Crippen MR) is 108 cm³/mol. The van der Waals surface area contributed by atoms with Gasteiger partial charge in [0.1, 0.15) is 6.54 Å². The highest BCUT2D eigenvalue weighted by atomic mass is 16.2. The van der Waals surface area contributed by atoms with E-state index in [9.17, 15) is 14.4 Å². The van der Waals surface area contributed by atoms with Crippen molar-refractivity contribution in [1.29, 1.82) is 0 Å². The number of hydrogen-bond acceptors (Lipinski definition) is 4. The van der Waals surface area contributed by atoms with Crippen LogP contribution in [0.25, 0.3) is 10.9 Å². The van der Waals surface area contributed by atoms with Gasteiger partial charge < -0.3 is 10.2 Å². The van der Waals surface area contributed by atoms with Crippen molar-refractivity contribution in [2.24, 2.45) is 0 Å². The van der Waals surface area contributed by atoms with Crippen molar-refractivity contribution in [3.63, 3.8) is 0 Å². The van der Waals surface area contributed by atoms with Gasteiger partial charge in [-0.3, -0.25) is 19.1 Å². The maximum absolute atomic E-state index is 12.5. The lowest BCUT2D eigenvalue weighted by Gasteiger charge is -2.19. The Morgan fingerprint density at radius 1 is 1.07 bits per heavy atom. The highest BCUT2D eigenvalue weighted by Crippen LogP contribution is 2.14. The van der Waals surface area contributed by atoms with E-state index in [1.54, 1.807) is 53.4 Å². The fourth-order valence-electron chi connectivity index (χ4n) is 3.05. The van der Waals surface area contributed by atoms with E-state index in [1.807, 2.05) is 13.8 Å². The number of para-hydroxylation sites is 1. The molecule has 7 nitrogen and oxygen atoms in total. The fourth-order valence-corrected chi connectivity index (χ4v) is 3.05. The van der Waals surface area contributed by atoms with Crippen LogP contribution in [0.4, 0.5) is 5.69 Å². The van der Waals surface area contributed by atoms with Crippen LogP contribution in [-0.2, 0) is 11.3 Å². The number of aromatic nitrogens is 2. The second-order valence-corrected chi connectivity index (χ2v) is 6.29. The zero-order valence-corrected chi connectivity index (χ0v) is 15.9. The summed E-state index contributed by atoms with van der Waals surface area (Å²) in [6, 6.07) is 13.9. The lowest BCUT2D eigenvalue weighted by Crippen LogP contribution is -2.30. The highest BCUT2D eigenvalue weighted by molar-refractivity contribution is 5.97. The van der Waals surface area contributed by atoms with E-state index in [4.69, 9.17) is 0 Å². The summed E-state index contributed by atoms with van der Waals surface area (Å²) in [5.74, 6) is -0.372. The second kappa shape index (κ2) is 8.47. The molecule has 2 amide bonds. The molecule has 0 unspecified atom stereocenters. The molecule has 1 heterocycles. The number of hydrogen-bond donors (Lipinski definition) is 1. The number of anilines is 1. The molecule has 0 atom stereocenters. The van der Waals surface area contributed by atoms with Crippen LogP contribution >= 0.6 is 0 Å². The molecule has 3 rings (SSSR count). The molecule has 0 saturated heterocycles. The largest absolute Gasteiger partial charge is 0.339 e. The molecule has 0 radical (unpaired) electrons. The smallest absolute Gasteiger partial charge is 0.253 e. The molecule has 144 valence electrons. The third-order valence-electron chi connectivity index (χ3n) is 4.50. The van der Waals surface area contributed by atoms with E-state index in [-0.39, 0.29) is 23.8 Å². The molecular weight excluding hydrogens is 356 g/mol. The van der Waals surface area contributed by atoms with Crippen LogP contribution in [0, 0.1) is 0 Å². The number of amides is 2. The SMILES string of the molecule is CCN(CC)C(=O)c1cccc(NC(=O)Cn2ncc(=O)c3ccccc32)c1. The minimum absolute atomic E-state index is 0.0466. The monoisotopic (exact) mass is 378 g/mol. The van der Waals surface area contributed by atoms with Crippen molar-refractivity contribution in [2.75, 3.05) is 18.4 Å². The summed E-state index contributed by atoms with van der Waals surface area (Å²) in [7, 11) is 0. The maximum Gasteiger partial charge on any atom is 0.253 e. The number of carbonyl (C=O) groups is 2. The molecule has 28 heavy (non-hydrogen) atoms. The van der Waals surface area contributed by atoms with Crippen LogP contribution < -0.4 is 10.7 Å². The first-order valence-electron chi connectivity index (χ1n) is 9.17. The van der Waals surface area contributed by atoms with Gasteiger partial charge in [-0.25, -0.2) is 0 Å². The summed E-state index contributed by atoms with van der Waals surface area (Å²) in [5.41, 5.74) is 1.47. The van der Waals surface area contributed by atoms with Gasteiger partial charge in [-0.05, 0) is 44.2 Å². The van der Waals surface area contributed by atoms with Crippen LogP contribution in [0.1, 0.15) is 24.2 Å². The molecule has 3 aromatic rings. The predicted octanol–water partition coefficient (Wildman–Crippen LogP) is 2.52. The topological polar surface area (TPSA) is 84.3 Å². The Labute approximate surface area is 162 Å². The van der Waals surface area contributed by atoms with Gasteiger partial charge in [-0.2, -0.15) is 5.10 Å². The van der Waals surface area contributed by atoms with Crippen LogP contribution in [-0.4, -0.2) is 39.6 Å². The quantitative estimate of drug-likeness (QED) is 0.714. The van der Waals surface area contributed by atoms with Gasteiger partial charge in [0, 0.05) is 29.7 Å². The van der Waals surface area contributed by atoms with Crippen molar-refractivity contribution in [3.8, 4) is 0 Å². The molecule has 7 heteroatoms. The number of benzene rings is 2. The molecule has 0 spiro atoms. The zero-order chi connectivity index (χ0) is 20.1. The first kappa shape index (κ1) is 19.3. The molecule has 0 bridgehead atoms. The Morgan fingerprint density at radius 3 is 2.57 bits per heavy atom. The fraction of sp³-hybridized carbons (Fsp3) is 0.238. The maximum atomic E-state index is 12.5. The third-order valence-corrected chi connectivity index (χ3v) is 4.50. The first-order valence-corrected chi connectivity index (χ1v) is 9.17. The summed E-state index contributed by atoms with van der Waals surface area (Å²) in [5, 5.41) is 7.36. The van der Waals surface area contributed by atoms with E-state index >= 15 is 0 Å². The second-order valence-electron chi connectivity index (χ2n) is 6.29. The van der Waals surface area contributed by atoms with Gasteiger partial charge in [0.25, 0.3) is 5.91 Å². The Balaban J connectivity index is 1.78. The normalized spacial score (nSPS) is 10.6. The molecule has 0 fully saturated rings. The van der Waals surface area contributed by atoms with Crippen LogP contribution in [0.3, 0.4) is 0 Å². The van der Waals surface area contributed by atoms with Gasteiger partial charge >= 0.3 is 0 Å². The van der Waals surface area contributed by atoms with Crippen LogP contribution in [0.5, 0.6) is 0 Å². The molecule has 0 saturated carbocycles. The first-order chi connectivity index (χ1) is 13.5. The molecule has 0 aliphatic heterocycles. The van der Waals surface area contributed by atoms with E-state index < -0.39 is 0 Å². The summed E-state index contributed by atoms with van der Waals surface area (Å²) >= 11 is 0. The van der Waals surface area contributed by atoms with Crippen LogP contribution in [0.15, 0.2) is 59.5 Å². The van der Waals surface area contributed by atoms with Crippen molar-refractivity contribution >= 4 is 28.4 Å². The third kappa shape index (κ3) is 4.09. The summed E-state index contributed by atoms with van der Waals surface area (Å²) < 4.78 is 1.48. The Kier molecular flexibility index (Phi) is 5.84. The molecule has 1 aromatic heterocycles. The van der Waals surface area contributed by atoms with Gasteiger partial charge in [0.15, 0.2) is 0 Å². The lowest BCUT2D eigenvalue weighted by molar-refractivity contribution is -0.116. The average Bonchev–Trinajstić information content (AvgIpc) is 2.71. The van der Waals surface area contributed by atoms with E-state index in [0.717, 1.165) is 0 Å². The average molecular weight is 378 g/mol. The van der Waals surface area contributed by atoms with Crippen molar-refractivity contribution < 1.29 is 9.59 Å². The number of nitrogens with one attached hydrogen (secondary N) is 1. The Bertz CT molecular complexity index is 1070. The Hall–Kier alpha value is -3.48. The van der Waals surface area contributed by atoms with Crippen molar-refractivity contribution in [1.82, 2.24) is 14.7 Å². The number of carbonyl (C=O) groups excluding carboxylic acids is 2. The lowest BCUT2D eigenvalue weighted by atomic mass is 10.1. The van der Waals surface area contributed by atoms with Gasteiger partial charge in [0.05, 0.1) is 11.7 Å². The van der Waals surface area contributed by atoms with Gasteiger partial charge in [-0.1, -0.05) is 18.2 Å². The standard InChI is InChI=1S/C21H22N4O3/c1-3-24(4-2)21(28)15-8-7-9-16(12-15)23-20(27)14-25-18-11-6-5-10-17(18)19(26)13-22-25/h5-13H,3-4,14H2,1-2H3,(H,23,27). The number of nitrogens with zero attached hydrogens (tertiary/aromatic N) is 3. The van der Waals surface area contributed by atoms with Gasteiger partial charge in [0.2, 0.25) is 11.3 Å². The highest BCUT2D eigenvalue weighted by Gasteiger charge is 2.14.